The van der Waals surface area contributed by atoms with E-state index < -0.39 is 0 Å². The Morgan fingerprint density at radius 1 is 1.71 bits per heavy atom. The van der Waals surface area contributed by atoms with Gasteiger partial charge in [0.1, 0.15) is 0 Å². The Kier molecular flexibility index (Phi) is 0.438. The molecule has 0 aromatic heterocycles. The van der Waals surface area contributed by atoms with Gasteiger partial charge >= 0.3 is 0 Å². The summed E-state index contributed by atoms with van der Waals surface area (Å²) >= 11 is 0. The molecular formula is C7H6. The summed E-state index contributed by atoms with van der Waals surface area (Å²) in [4.78, 5) is 0. The largest absolute Gasteiger partial charge is 0.0941 e. The lowest BCUT2D eigenvalue weighted by Crippen LogP contribution is -1.82. The standard InChI is InChI=1S/C7H6/c1-2-7-4-3-6(1)5-7/h1,7H,2,5H2. The van der Waals surface area contributed by atoms with Gasteiger partial charge in [-0.1, -0.05) is 17.9 Å². The first-order chi connectivity index (χ1) is 3.45. The molecule has 1 unspecified atom stereocenters. The van der Waals surface area contributed by atoms with Crippen LogP contribution in [0.2, 0.25) is 0 Å². The highest BCUT2D eigenvalue weighted by Gasteiger charge is 2.17. The van der Waals surface area contributed by atoms with Crippen molar-refractivity contribution >= 4 is 0 Å². The Labute approximate surface area is 43.2 Å². The van der Waals surface area contributed by atoms with Crippen molar-refractivity contribution in [2.24, 2.45) is 5.92 Å². The molecule has 0 saturated carbocycles. The van der Waals surface area contributed by atoms with Gasteiger partial charge in [0, 0.05) is 5.92 Å². The molecule has 0 fully saturated rings. The highest BCUT2D eigenvalue weighted by atomic mass is 14.2. The Balaban J connectivity index is 2.52. The molecule has 0 nitrogen and oxygen atoms in total. The van der Waals surface area contributed by atoms with Gasteiger partial charge in [-0.05, 0) is 18.4 Å². The zero-order valence-corrected chi connectivity index (χ0v) is 4.07. The molecule has 0 amide bonds. The second-order valence-electron chi connectivity index (χ2n) is 2.14. The summed E-state index contributed by atoms with van der Waals surface area (Å²) < 4.78 is 0. The first kappa shape index (κ1) is 3.32. The molecule has 0 N–H and O–H groups in total. The minimum absolute atomic E-state index is 0.718. The SMILES string of the molecule is C1#CC2CC=C1C2. The van der Waals surface area contributed by atoms with Crippen LogP contribution >= 0.6 is 0 Å². The third-order valence-corrected chi connectivity index (χ3v) is 1.55. The maximum atomic E-state index is 3.14. The van der Waals surface area contributed by atoms with Gasteiger partial charge in [0.15, 0.2) is 0 Å². The lowest BCUT2D eigenvalue weighted by Gasteiger charge is -1.89. The first-order valence-corrected chi connectivity index (χ1v) is 2.66. The zero-order valence-electron chi connectivity index (χ0n) is 4.07. The average molecular weight is 90.1 g/mol. The zero-order chi connectivity index (χ0) is 4.69. The van der Waals surface area contributed by atoms with Crippen molar-refractivity contribution in [3.8, 4) is 11.8 Å². The highest BCUT2D eigenvalue weighted by molar-refractivity contribution is 5.40. The van der Waals surface area contributed by atoms with Gasteiger partial charge in [-0.2, -0.15) is 0 Å². The Bertz CT molecular complexity index is 176. The fraction of sp³-hybridized carbons (Fsp3) is 0.429. The quantitative estimate of drug-likeness (QED) is 0.394. The van der Waals surface area contributed by atoms with Crippen LogP contribution in [0.5, 0.6) is 0 Å². The minimum Gasteiger partial charge on any atom is -0.0941 e. The van der Waals surface area contributed by atoms with E-state index in [9.17, 15) is 0 Å². The second kappa shape index (κ2) is 0.924. The lowest BCUT2D eigenvalue weighted by atomic mass is 10.1. The van der Waals surface area contributed by atoms with Crippen molar-refractivity contribution in [3.05, 3.63) is 11.6 Å². The van der Waals surface area contributed by atoms with Crippen LogP contribution in [0.1, 0.15) is 12.8 Å². The van der Waals surface area contributed by atoms with E-state index in [1.165, 1.54) is 18.4 Å². The Morgan fingerprint density at radius 2 is 2.71 bits per heavy atom. The van der Waals surface area contributed by atoms with Crippen molar-refractivity contribution in [1.82, 2.24) is 0 Å². The second-order valence-corrected chi connectivity index (χ2v) is 2.14. The number of hydrogen-bond donors (Lipinski definition) is 0. The van der Waals surface area contributed by atoms with E-state index in [1.54, 1.807) is 0 Å². The van der Waals surface area contributed by atoms with Crippen LogP contribution in [0.3, 0.4) is 0 Å². The Morgan fingerprint density at radius 3 is 2.86 bits per heavy atom. The molecule has 0 saturated heterocycles. The van der Waals surface area contributed by atoms with E-state index in [1.807, 2.05) is 0 Å². The highest BCUT2D eigenvalue weighted by Crippen LogP contribution is 2.27. The Hall–Kier alpha value is -0.700. The lowest BCUT2D eigenvalue weighted by molar-refractivity contribution is 0.750. The molecule has 34 valence electrons. The molecule has 2 rings (SSSR count). The van der Waals surface area contributed by atoms with Gasteiger partial charge in [0.05, 0.1) is 0 Å². The van der Waals surface area contributed by atoms with Gasteiger partial charge in [-0.25, -0.2) is 0 Å². The van der Waals surface area contributed by atoms with Crippen LogP contribution < -0.4 is 0 Å². The third-order valence-electron chi connectivity index (χ3n) is 1.55. The maximum absolute atomic E-state index is 3.14. The molecule has 0 radical (unpaired) electrons. The third kappa shape index (κ3) is 0.326. The van der Waals surface area contributed by atoms with Crippen LogP contribution in [0.25, 0.3) is 0 Å². The summed E-state index contributed by atoms with van der Waals surface area (Å²) in [7, 11) is 0. The van der Waals surface area contributed by atoms with Crippen molar-refractivity contribution in [1.29, 1.82) is 0 Å². The first-order valence-electron chi connectivity index (χ1n) is 2.66. The number of hydrogen-bond acceptors (Lipinski definition) is 0. The van der Waals surface area contributed by atoms with Gasteiger partial charge in [0.2, 0.25) is 0 Å². The van der Waals surface area contributed by atoms with Crippen molar-refractivity contribution in [2.75, 3.05) is 0 Å². The fourth-order valence-corrected chi connectivity index (χ4v) is 1.12. The molecule has 1 atom stereocenters. The molecule has 0 aromatic carbocycles. The molecule has 0 aliphatic heterocycles. The van der Waals surface area contributed by atoms with Gasteiger partial charge in [0.25, 0.3) is 0 Å². The van der Waals surface area contributed by atoms with Crippen molar-refractivity contribution in [2.45, 2.75) is 12.8 Å². The smallest absolute Gasteiger partial charge is 0.0287 e. The van der Waals surface area contributed by atoms with Crippen LogP contribution in [0, 0.1) is 17.8 Å². The minimum atomic E-state index is 0.718. The van der Waals surface area contributed by atoms with E-state index in [0.29, 0.717) is 0 Å². The van der Waals surface area contributed by atoms with Gasteiger partial charge in [-0.3, -0.25) is 0 Å². The van der Waals surface area contributed by atoms with E-state index in [2.05, 4.69) is 17.9 Å². The molecule has 0 aromatic rings. The average Bonchev–Trinajstić information content (AvgIpc) is 2.22. The summed E-state index contributed by atoms with van der Waals surface area (Å²) in [5.41, 5.74) is 1.38. The fourth-order valence-electron chi connectivity index (χ4n) is 1.12. The molecule has 2 bridgehead atoms. The molecule has 0 heteroatoms. The van der Waals surface area contributed by atoms with Gasteiger partial charge < -0.3 is 0 Å². The number of fused-ring (bicyclic) bond motifs is 2. The van der Waals surface area contributed by atoms with Crippen LogP contribution in [-0.4, -0.2) is 0 Å². The predicted octanol–water partition coefficient (Wildman–Crippen LogP) is 1.34. The van der Waals surface area contributed by atoms with E-state index >= 15 is 0 Å². The predicted molar refractivity (Wildman–Crippen MR) is 28.6 cm³/mol. The molecule has 0 spiro atoms. The summed E-state index contributed by atoms with van der Waals surface area (Å²) in [6.07, 6.45) is 4.70. The van der Waals surface area contributed by atoms with Crippen LogP contribution in [-0.2, 0) is 0 Å². The van der Waals surface area contributed by atoms with E-state index in [0.717, 1.165) is 5.92 Å². The van der Waals surface area contributed by atoms with E-state index in [-0.39, 0.29) is 0 Å². The summed E-state index contributed by atoms with van der Waals surface area (Å²) in [5, 5.41) is 0. The van der Waals surface area contributed by atoms with Crippen LogP contribution in [0.15, 0.2) is 11.6 Å². The summed E-state index contributed by atoms with van der Waals surface area (Å²) in [5.74, 6) is 6.92. The molecular weight excluding hydrogens is 84.1 g/mol. The maximum Gasteiger partial charge on any atom is 0.0287 e. The topological polar surface area (TPSA) is 0 Å². The van der Waals surface area contributed by atoms with Gasteiger partial charge in [-0.15, -0.1) is 0 Å². The van der Waals surface area contributed by atoms with Crippen LogP contribution in [0.4, 0.5) is 0 Å². The summed E-state index contributed by atoms with van der Waals surface area (Å²) in [6.45, 7) is 0. The molecule has 2 aliphatic rings. The normalized spacial score (nSPS) is 32.0. The van der Waals surface area contributed by atoms with Crippen molar-refractivity contribution < 1.29 is 0 Å². The molecule has 2 aliphatic carbocycles. The number of rotatable bonds is 0. The number of allylic oxidation sites excluding steroid dienone is 2. The van der Waals surface area contributed by atoms with E-state index in [4.69, 9.17) is 0 Å². The summed E-state index contributed by atoms with van der Waals surface area (Å²) in [6, 6.07) is 0. The monoisotopic (exact) mass is 90.0 g/mol. The van der Waals surface area contributed by atoms with Crippen molar-refractivity contribution in [3.63, 3.8) is 0 Å². The molecule has 0 heterocycles. The molecule has 7 heavy (non-hydrogen) atoms.